The molecule has 0 radical (unpaired) electrons. The number of hydrogen-bond acceptors (Lipinski definition) is 4. The number of amides is 1. The van der Waals surface area contributed by atoms with Gasteiger partial charge in [0, 0.05) is 4.90 Å². The molecule has 0 aliphatic heterocycles. The lowest BCUT2D eigenvalue weighted by Gasteiger charge is -2.10. The lowest BCUT2D eigenvalue weighted by atomic mass is 10.2. The van der Waals surface area contributed by atoms with Crippen LogP contribution in [0.15, 0.2) is 58.5 Å². The van der Waals surface area contributed by atoms with Crippen LogP contribution in [0.2, 0.25) is 0 Å². The smallest absolute Gasteiger partial charge is 0.253 e. The number of rotatable bonds is 7. The molecule has 25 heavy (non-hydrogen) atoms. The maximum atomic E-state index is 12.1. The number of hydrogen-bond donors (Lipinski definition) is 1. The quantitative estimate of drug-likeness (QED) is 0.454. The minimum atomic E-state index is -0.221. The zero-order chi connectivity index (χ0) is 18.2. The molecule has 2 aromatic rings. The first-order chi connectivity index (χ1) is 11.9. The fourth-order valence-electron chi connectivity index (χ4n) is 2.04. The number of aryl methyl sites for hydroxylation is 1. The average Bonchev–Trinajstić information content (AvgIpc) is 2.58. The van der Waals surface area contributed by atoms with Crippen molar-refractivity contribution in [3.63, 3.8) is 0 Å². The van der Waals surface area contributed by atoms with Crippen LogP contribution in [0.5, 0.6) is 5.75 Å². The molecule has 2 aromatic carbocycles. The van der Waals surface area contributed by atoms with Crippen LogP contribution in [0.3, 0.4) is 0 Å². The summed E-state index contributed by atoms with van der Waals surface area (Å²) in [6, 6.07) is 15.7. The Morgan fingerprint density at radius 2 is 1.72 bits per heavy atom. The first-order valence-corrected chi connectivity index (χ1v) is 9.15. The molecule has 0 aliphatic rings. The molecule has 5 heteroatoms. The molecule has 0 bridgehead atoms. The van der Waals surface area contributed by atoms with Crippen LogP contribution in [-0.4, -0.2) is 23.5 Å². The van der Waals surface area contributed by atoms with Crippen molar-refractivity contribution in [1.29, 1.82) is 0 Å². The number of carbonyl (C=O) groups excluding carboxylic acids is 1. The van der Waals surface area contributed by atoms with Crippen LogP contribution in [0, 0.1) is 6.92 Å². The summed E-state index contributed by atoms with van der Waals surface area (Å²) in [5.41, 5.74) is 4.69. The Morgan fingerprint density at radius 1 is 1.08 bits per heavy atom. The molecule has 0 spiro atoms. The molecule has 1 amide bonds. The van der Waals surface area contributed by atoms with Crippen molar-refractivity contribution in [2.45, 2.75) is 43.9 Å². The molecule has 0 aromatic heterocycles. The fraction of sp³-hybridized carbons (Fsp3) is 0.300. The van der Waals surface area contributed by atoms with E-state index in [1.807, 2.05) is 76.2 Å². The monoisotopic (exact) mass is 356 g/mol. The standard InChI is InChI=1S/C20H24N2O2S/c1-14(2)24-18-9-7-17(8-10-18)13-21-22-20(23)16(4)25-19-11-5-15(3)6-12-19/h5-14,16H,1-4H3,(H,22,23)/b21-13-/t16-/m0/s1. The molecule has 1 atom stereocenters. The second-order valence-corrected chi connectivity index (χ2v) is 7.46. The highest BCUT2D eigenvalue weighted by Gasteiger charge is 2.13. The van der Waals surface area contributed by atoms with Crippen molar-refractivity contribution >= 4 is 23.9 Å². The molecular weight excluding hydrogens is 332 g/mol. The Bertz CT molecular complexity index is 709. The van der Waals surface area contributed by atoms with Gasteiger partial charge in [-0.1, -0.05) is 17.7 Å². The van der Waals surface area contributed by atoms with E-state index in [1.165, 1.54) is 17.3 Å². The van der Waals surface area contributed by atoms with E-state index in [9.17, 15) is 4.79 Å². The minimum absolute atomic E-state index is 0.124. The van der Waals surface area contributed by atoms with Crippen LogP contribution >= 0.6 is 11.8 Å². The van der Waals surface area contributed by atoms with Crippen molar-refractivity contribution in [2.75, 3.05) is 0 Å². The van der Waals surface area contributed by atoms with Gasteiger partial charge >= 0.3 is 0 Å². The molecule has 1 N–H and O–H groups in total. The number of nitrogens with one attached hydrogen (secondary N) is 1. The first kappa shape index (κ1) is 19.1. The van der Waals surface area contributed by atoms with Gasteiger partial charge in [0.2, 0.25) is 0 Å². The molecule has 0 unspecified atom stereocenters. The van der Waals surface area contributed by atoms with Crippen molar-refractivity contribution < 1.29 is 9.53 Å². The average molecular weight is 356 g/mol. The summed E-state index contributed by atoms with van der Waals surface area (Å²) in [6.07, 6.45) is 1.77. The third kappa shape index (κ3) is 6.63. The Morgan fingerprint density at radius 3 is 2.32 bits per heavy atom. The molecule has 0 saturated carbocycles. The summed E-state index contributed by atoms with van der Waals surface area (Å²) in [5.74, 6) is 0.695. The number of ether oxygens (including phenoxy) is 1. The van der Waals surface area contributed by atoms with E-state index in [0.717, 1.165) is 16.2 Å². The van der Waals surface area contributed by atoms with Gasteiger partial charge in [0.1, 0.15) is 5.75 Å². The van der Waals surface area contributed by atoms with Crippen LogP contribution < -0.4 is 10.2 Å². The largest absolute Gasteiger partial charge is 0.491 e. The van der Waals surface area contributed by atoms with E-state index in [-0.39, 0.29) is 17.3 Å². The summed E-state index contributed by atoms with van der Waals surface area (Å²) in [5, 5.41) is 3.81. The van der Waals surface area contributed by atoms with Crippen LogP contribution in [0.25, 0.3) is 0 Å². The van der Waals surface area contributed by atoms with E-state index < -0.39 is 0 Å². The zero-order valence-corrected chi connectivity index (χ0v) is 15.8. The Kier molecular flexibility index (Phi) is 7.07. The molecule has 4 nitrogen and oxygen atoms in total. The van der Waals surface area contributed by atoms with Crippen molar-refractivity contribution in [1.82, 2.24) is 5.43 Å². The Balaban J connectivity index is 1.83. The third-order valence-corrected chi connectivity index (χ3v) is 4.46. The van der Waals surface area contributed by atoms with Crippen molar-refractivity contribution in [3.8, 4) is 5.75 Å². The summed E-state index contributed by atoms with van der Waals surface area (Å²) >= 11 is 1.51. The molecule has 0 saturated heterocycles. The molecule has 2 rings (SSSR count). The van der Waals surface area contributed by atoms with E-state index in [2.05, 4.69) is 10.5 Å². The first-order valence-electron chi connectivity index (χ1n) is 8.27. The fourth-order valence-corrected chi connectivity index (χ4v) is 2.90. The van der Waals surface area contributed by atoms with Gasteiger partial charge in [0.15, 0.2) is 0 Å². The number of nitrogens with zero attached hydrogens (tertiary/aromatic N) is 1. The van der Waals surface area contributed by atoms with Gasteiger partial charge in [-0.25, -0.2) is 5.43 Å². The number of carbonyl (C=O) groups is 1. The van der Waals surface area contributed by atoms with Gasteiger partial charge in [-0.3, -0.25) is 4.79 Å². The summed E-state index contributed by atoms with van der Waals surface area (Å²) < 4.78 is 5.59. The summed E-state index contributed by atoms with van der Waals surface area (Å²) in [6.45, 7) is 7.88. The van der Waals surface area contributed by atoms with Gasteiger partial charge in [-0.05, 0) is 69.7 Å². The maximum absolute atomic E-state index is 12.1. The van der Waals surface area contributed by atoms with Crippen molar-refractivity contribution in [2.24, 2.45) is 5.10 Å². The summed E-state index contributed by atoms with van der Waals surface area (Å²) in [7, 11) is 0. The van der Waals surface area contributed by atoms with E-state index in [1.54, 1.807) is 6.21 Å². The van der Waals surface area contributed by atoms with E-state index >= 15 is 0 Å². The topological polar surface area (TPSA) is 50.7 Å². The van der Waals surface area contributed by atoms with Gasteiger partial charge in [0.05, 0.1) is 17.6 Å². The molecule has 0 heterocycles. The lowest BCUT2D eigenvalue weighted by Crippen LogP contribution is -2.26. The Hall–Kier alpha value is -2.27. The van der Waals surface area contributed by atoms with Gasteiger partial charge in [-0.15, -0.1) is 11.8 Å². The predicted octanol–water partition coefficient (Wildman–Crippen LogP) is 4.41. The minimum Gasteiger partial charge on any atom is -0.491 e. The van der Waals surface area contributed by atoms with Gasteiger partial charge < -0.3 is 4.74 Å². The molecule has 132 valence electrons. The normalized spacial score (nSPS) is 12.4. The van der Waals surface area contributed by atoms with Crippen molar-refractivity contribution in [3.05, 3.63) is 59.7 Å². The third-order valence-electron chi connectivity index (χ3n) is 3.34. The highest BCUT2D eigenvalue weighted by Crippen LogP contribution is 2.23. The van der Waals surface area contributed by atoms with E-state index in [0.29, 0.717) is 0 Å². The maximum Gasteiger partial charge on any atom is 0.253 e. The lowest BCUT2D eigenvalue weighted by molar-refractivity contribution is -0.120. The van der Waals surface area contributed by atoms with Gasteiger partial charge in [-0.2, -0.15) is 5.10 Å². The van der Waals surface area contributed by atoms with Gasteiger partial charge in [0.25, 0.3) is 5.91 Å². The number of benzene rings is 2. The molecular formula is C20H24N2O2S. The Labute approximate surface area is 153 Å². The second kappa shape index (κ2) is 9.28. The molecule has 0 aliphatic carbocycles. The van der Waals surface area contributed by atoms with E-state index in [4.69, 9.17) is 4.74 Å². The predicted molar refractivity (Wildman–Crippen MR) is 104 cm³/mol. The highest BCUT2D eigenvalue weighted by molar-refractivity contribution is 8.00. The highest BCUT2D eigenvalue weighted by atomic mass is 32.2. The number of thioether (sulfide) groups is 1. The zero-order valence-electron chi connectivity index (χ0n) is 15.0. The summed E-state index contributed by atoms with van der Waals surface area (Å²) in [4.78, 5) is 13.2. The van der Waals surface area contributed by atoms with Crippen LogP contribution in [0.1, 0.15) is 31.9 Å². The SMILES string of the molecule is Cc1ccc(S[C@@H](C)C(=O)N/N=C\c2ccc(OC(C)C)cc2)cc1. The molecule has 0 fully saturated rings. The van der Waals surface area contributed by atoms with Crippen LogP contribution in [0.4, 0.5) is 0 Å². The number of hydrazone groups is 1. The second-order valence-electron chi connectivity index (χ2n) is 6.04. The van der Waals surface area contributed by atoms with Crippen LogP contribution in [-0.2, 0) is 4.79 Å².